The SMILES string of the molecule is C=CCN(C)c1ccc(N)c(N)n1. The largest absolute Gasteiger partial charge is 0.396 e. The van der Waals surface area contributed by atoms with Crippen molar-refractivity contribution >= 4 is 17.3 Å². The zero-order valence-corrected chi connectivity index (χ0v) is 7.70. The molecule has 1 heterocycles. The van der Waals surface area contributed by atoms with E-state index in [1.807, 2.05) is 18.0 Å². The summed E-state index contributed by atoms with van der Waals surface area (Å²) in [5.41, 5.74) is 11.6. The lowest BCUT2D eigenvalue weighted by Crippen LogP contribution is -2.18. The lowest BCUT2D eigenvalue weighted by molar-refractivity contribution is 0.995. The molecule has 0 amide bonds. The van der Waals surface area contributed by atoms with Gasteiger partial charge in [-0.15, -0.1) is 6.58 Å². The van der Waals surface area contributed by atoms with Gasteiger partial charge in [-0.1, -0.05) is 6.08 Å². The molecule has 1 aromatic heterocycles. The fourth-order valence-electron chi connectivity index (χ4n) is 0.975. The van der Waals surface area contributed by atoms with E-state index in [9.17, 15) is 0 Å². The van der Waals surface area contributed by atoms with Crippen molar-refractivity contribution in [3.8, 4) is 0 Å². The van der Waals surface area contributed by atoms with Crippen molar-refractivity contribution < 1.29 is 0 Å². The van der Waals surface area contributed by atoms with Crippen molar-refractivity contribution in [1.29, 1.82) is 0 Å². The summed E-state index contributed by atoms with van der Waals surface area (Å²) in [6.07, 6.45) is 1.80. The average molecular weight is 178 g/mol. The van der Waals surface area contributed by atoms with Gasteiger partial charge in [0.05, 0.1) is 5.69 Å². The summed E-state index contributed by atoms with van der Waals surface area (Å²) in [6, 6.07) is 3.58. The second kappa shape index (κ2) is 3.80. The lowest BCUT2D eigenvalue weighted by atomic mass is 10.3. The van der Waals surface area contributed by atoms with Gasteiger partial charge in [0, 0.05) is 13.6 Å². The van der Waals surface area contributed by atoms with Crippen LogP contribution in [0.1, 0.15) is 0 Å². The normalized spacial score (nSPS) is 9.62. The Morgan fingerprint density at radius 2 is 2.23 bits per heavy atom. The monoisotopic (exact) mass is 178 g/mol. The van der Waals surface area contributed by atoms with E-state index in [2.05, 4.69) is 11.6 Å². The van der Waals surface area contributed by atoms with Gasteiger partial charge in [-0.05, 0) is 12.1 Å². The summed E-state index contributed by atoms with van der Waals surface area (Å²) in [6.45, 7) is 4.37. The van der Waals surface area contributed by atoms with E-state index in [4.69, 9.17) is 11.5 Å². The summed E-state index contributed by atoms with van der Waals surface area (Å²) >= 11 is 0. The topological polar surface area (TPSA) is 68.2 Å². The van der Waals surface area contributed by atoms with E-state index in [1.165, 1.54) is 0 Å². The first-order valence-corrected chi connectivity index (χ1v) is 3.99. The van der Waals surface area contributed by atoms with Gasteiger partial charge in [-0.2, -0.15) is 0 Å². The highest BCUT2D eigenvalue weighted by Gasteiger charge is 2.02. The molecule has 0 saturated carbocycles. The maximum absolute atomic E-state index is 5.57. The molecule has 0 radical (unpaired) electrons. The number of hydrogen-bond acceptors (Lipinski definition) is 4. The van der Waals surface area contributed by atoms with Crippen LogP contribution in [0.15, 0.2) is 24.8 Å². The van der Waals surface area contributed by atoms with Crippen LogP contribution in [0.2, 0.25) is 0 Å². The van der Waals surface area contributed by atoms with Crippen LogP contribution in [0, 0.1) is 0 Å². The number of pyridine rings is 1. The molecule has 0 aliphatic rings. The van der Waals surface area contributed by atoms with Gasteiger partial charge in [0.1, 0.15) is 11.6 Å². The molecule has 1 rings (SSSR count). The number of aromatic nitrogens is 1. The number of nitrogens with zero attached hydrogens (tertiary/aromatic N) is 2. The van der Waals surface area contributed by atoms with Crippen LogP contribution in [-0.4, -0.2) is 18.6 Å². The molecule has 4 nitrogen and oxygen atoms in total. The van der Waals surface area contributed by atoms with Gasteiger partial charge in [-0.3, -0.25) is 0 Å². The molecule has 0 aliphatic carbocycles. The molecule has 0 fully saturated rings. The fourth-order valence-corrected chi connectivity index (χ4v) is 0.975. The van der Waals surface area contributed by atoms with E-state index >= 15 is 0 Å². The van der Waals surface area contributed by atoms with Crippen LogP contribution in [0.4, 0.5) is 17.3 Å². The van der Waals surface area contributed by atoms with Crippen molar-refractivity contribution in [3.63, 3.8) is 0 Å². The van der Waals surface area contributed by atoms with Crippen LogP contribution >= 0.6 is 0 Å². The molecule has 0 bridgehead atoms. The minimum atomic E-state index is 0.369. The molecule has 0 spiro atoms. The van der Waals surface area contributed by atoms with Gasteiger partial charge in [-0.25, -0.2) is 4.98 Å². The maximum atomic E-state index is 5.57. The van der Waals surface area contributed by atoms with Crippen LogP contribution in [0.3, 0.4) is 0 Å². The quantitative estimate of drug-likeness (QED) is 0.674. The van der Waals surface area contributed by atoms with Crippen LogP contribution in [0.25, 0.3) is 0 Å². The third kappa shape index (κ3) is 2.11. The second-order valence-electron chi connectivity index (χ2n) is 2.81. The molecular formula is C9H14N4. The highest BCUT2D eigenvalue weighted by Crippen LogP contribution is 2.16. The molecule has 4 N–H and O–H groups in total. The summed E-state index contributed by atoms with van der Waals surface area (Å²) in [5.74, 6) is 1.17. The first-order chi connectivity index (χ1) is 6.15. The maximum Gasteiger partial charge on any atom is 0.149 e. The zero-order chi connectivity index (χ0) is 9.84. The summed E-state index contributed by atoms with van der Waals surface area (Å²) in [4.78, 5) is 6.06. The summed E-state index contributed by atoms with van der Waals surface area (Å²) < 4.78 is 0. The smallest absolute Gasteiger partial charge is 0.149 e. The molecular weight excluding hydrogens is 164 g/mol. The molecule has 1 aromatic rings. The molecule has 70 valence electrons. The van der Waals surface area contributed by atoms with E-state index in [-0.39, 0.29) is 0 Å². The van der Waals surface area contributed by atoms with Crippen LogP contribution in [-0.2, 0) is 0 Å². The standard InChI is InChI=1S/C9H14N4/c1-3-6-13(2)8-5-4-7(10)9(11)12-8/h3-5H,1,6,10H2,2H3,(H2,11,12). The number of hydrogen-bond donors (Lipinski definition) is 2. The number of nitrogen functional groups attached to an aromatic ring is 2. The summed E-state index contributed by atoms with van der Waals surface area (Å²) in [7, 11) is 1.92. The van der Waals surface area contributed by atoms with E-state index in [1.54, 1.807) is 12.1 Å². The molecule has 0 saturated heterocycles. The highest BCUT2D eigenvalue weighted by molar-refractivity contribution is 5.62. The van der Waals surface area contributed by atoms with Gasteiger partial charge < -0.3 is 16.4 Å². The van der Waals surface area contributed by atoms with E-state index in [0.29, 0.717) is 11.5 Å². The average Bonchev–Trinajstić information content (AvgIpc) is 2.10. The Labute approximate surface area is 77.9 Å². The van der Waals surface area contributed by atoms with Crippen molar-refractivity contribution in [1.82, 2.24) is 4.98 Å². The molecule has 0 atom stereocenters. The van der Waals surface area contributed by atoms with Gasteiger partial charge in [0.15, 0.2) is 0 Å². The third-order valence-electron chi connectivity index (χ3n) is 1.74. The Bertz CT molecular complexity index is 308. The predicted octanol–water partition coefficient (Wildman–Crippen LogP) is 0.868. The molecule has 0 aliphatic heterocycles. The zero-order valence-electron chi connectivity index (χ0n) is 7.70. The first kappa shape index (κ1) is 9.38. The molecule has 0 unspecified atom stereocenters. The van der Waals surface area contributed by atoms with Crippen molar-refractivity contribution in [2.75, 3.05) is 30.0 Å². The Kier molecular flexibility index (Phi) is 2.74. The van der Waals surface area contributed by atoms with Gasteiger partial charge >= 0.3 is 0 Å². The van der Waals surface area contributed by atoms with Gasteiger partial charge in [0.2, 0.25) is 0 Å². The van der Waals surface area contributed by atoms with Crippen LogP contribution in [0.5, 0.6) is 0 Å². The van der Waals surface area contributed by atoms with Crippen molar-refractivity contribution in [2.45, 2.75) is 0 Å². The van der Waals surface area contributed by atoms with E-state index < -0.39 is 0 Å². The third-order valence-corrected chi connectivity index (χ3v) is 1.74. The second-order valence-corrected chi connectivity index (χ2v) is 2.81. The number of nitrogens with two attached hydrogens (primary N) is 2. The fraction of sp³-hybridized carbons (Fsp3) is 0.222. The van der Waals surface area contributed by atoms with E-state index in [0.717, 1.165) is 12.4 Å². The Morgan fingerprint density at radius 1 is 1.54 bits per heavy atom. The van der Waals surface area contributed by atoms with Crippen LogP contribution < -0.4 is 16.4 Å². The Balaban J connectivity index is 2.89. The minimum absolute atomic E-state index is 0.369. The summed E-state index contributed by atoms with van der Waals surface area (Å²) in [5, 5.41) is 0. The molecule has 4 heteroatoms. The Morgan fingerprint density at radius 3 is 2.77 bits per heavy atom. The van der Waals surface area contributed by atoms with Gasteiger partial charge in [0.25, 0.3) is 0 Å². The number of anilines is 3. The number of likely N-dealkylation sites (N-methyl/N-ethyl adjacent to an activating group) is 1. The first-order valence-electron chi connectivity index (χ1n) is 3.99. The molecule has 0 aromatic carbocycles. The van der Waals surface area contributed by atoms with Crippen molar-refractivity contribution in [2.24, 2.45) is 0 Å². The van der Waals surface area contributed by atoms with Crippen molar-refractivity contribution in [3.05, 3.63) is 24.8 Å². The highest BCUT2D eigenvalue weighted by atomic mass is 15.2. The predicted molar refractivity (Wildman–Crippen MR) is 56.5 cm³/mol. The minimum Gasteiger partial charge on any atom is -0.396 e. The lowest BCUT2D eigenvalue weighted by Gasteiger charge is -2.16. The molecule has 13 heavy (non-hydrogen) atoms. The Hall–Kier alpha value is -1.71. The number of rotatable bonds is 3.